The molecular formula is C24H18FN3O3S. The summed E-state index contributed by atoms with van der Waals surface area (Å²) in [5.41, 5.74) is 1.30. The first-order valence-electron chi connectivity index (χ1n) is 10.00. The lowest BCUT2D eigenvalue weighted by atomic mass is 10.1. The first-order chi connectivity index (χ1) is 15.7. The number of ether oxygens (including phenoxy) is 2. The molecule has 1 aromatic heterocycles. The van der Waals surface area contributed by atoms with Crippen LogP contribution in [0.1, 0.15) is 22.3 Å². The van der Waals surface area contributed by atoms with E-state index in [0.29, 0.717) is 34.7 Å². The van der Waals surface area contributed by atoms with Gasteiger partial charge in [0.15, 0.2) is 34.4 Å². The Kier molecular flexibility index (Phi) is 5.60. The minimum absolute atomic E-state index is 0.120. The van der Waals surface area contributed by atoms with E-state index >= 15 is 0 Å². The van der Waals surface area contributed by atoms with Gasteiger partial charge in [0.2, 0.25) is 0 Å². The summed E-state index contributed by atoms with van der Waals surface area (Å²) < 4.78 is 27.0. The number of benzene rings is 3. The third kappa shape index (κ3) is 4.09. The van der Waals surface area contributed by atoms with Gasteiger partial charge in [-0.2, -0.15) is 0 Å². The highest BCUT2D eigenvalue weighted by Crippen LogP contribution is 2.37. The molecule has 160 valence electrons. The molecule has 0 spiro atoms. The monoisotopic (exact) mass is 447 g/mol. The maximum atomic E-state index is 13.2. The van der Waals surface area contributed by atoms with Crippen molar-refractivity contribution in [2.75, 3.05) is 12.4 Å². The lowest BCUT2D eigenvalue weighted by molar-refractivity contribution is 0.0835. The molecule has 1 aliphatic rings. The van der Waals surface area contributed by atoms with Gasteiger partial charge in [-0.15, -0.1) is 10.2 Å². The van der Waals surface area contributed by atoms with Gasteiger partial charge in [0.05, 0.1) is 5.75 Å². The Morgan fingerprint density at radius 3 is 2.47 bits per heavy atom. The van der Waals surface area contributed by atoms with Crippen molar-refractivity contribution in [3.05, 3.63) is 96.1 Å². The number of hydrogen-bond donors (Lipinski definition) is 0. The van der Waals surface area contributed by atoms with Crippen molar-refractivity contribution in [1.82, 2.24) is 14.8 Å². The molecule has 3 aromatic carbocycles. The standard InChI is InChI=1S/C24H18FN3O3S/c25-17-12-10-16(11-13-17)19(29)15-32-24-27-26-23(28(24)18-6-2-1-3-7-18)22-14-30-20-8-4-5-9-21(20)31-22/h1-13,22H,14-15H2/t22-/m0/s1. The molecule has 0 fully saturated rings. The van der Waals surface area contributed by atoms with Gasteiger partial charge in [0.1, 0.15) is 12.4 Å². The van der Waals surface area contributed by atoms with E-state index < -0.39 is 6.10 Å². The number of carbonyl (C=O) groups excluding carboxylic acids is 1. The molecule has 0 radical (unpaired) electrons. The number of halogens is 1. The molecule has 0 amide bonds. The predicted octanol–water partition coefficient (Wildman–Crippen LogP) is 4.89. The van der Waals surface area contributed by atoms with Crippen molar-refractivity contribution >= 4 is 17.5 Å². The number of fused-ring (bicyclic) bond motifs is 1. The van der Waals surface area contributed by atoms with Crippen LogP contribution in [0, 0.1) is 5.82 Å². The lowest BCUT2D eigenvalue weighted by Gasteiger charge is -2.26. The average Bonchev–Trinajstić information content (AvgIpc) is 3.27. The van der Waals surface area contributed by atoms with Gasteiger partial charge < -0.3 is 9.47 Å². The van der Waals surface area contributed by atoms with Crippen molar-refractivity contribution in [2.45, 2.75) is 11.3 Å². The van der Waals surface area contributed by atoms with Crippen LogP contribution in [-0.4, -0.2) is 32.9 Å². The number of aromatic nitrogens is 3. The molecule has 0 saturated carbocycles. The van der Waals surface area contributed by atoms with Crippen LogP contribution in [0.5, 0.6) is 11.5 Å². The zero-order valence-electron chi connectivity index (χ0n) is 16.8. The predicted molar refractivity (Wildman–Crippen MR) is 118 cm³/mol. The molecule has 0 saturated heterocycles. The minimum atomic E-state index is -0.459. The highest BCUT2D eigenvalue weighted by atomic mass is 32.2. The molecule has 0 unspecified atom stereocenters. The highest BCUT2D eigenvalue weighted by molar-refractivity contribution is 7.99. The fraction of sp³-hybridized carbons (Fsp3) is 0.125. The van der Waals surface area contributed by atoms with Crippen LogP contribution < -0.4 is 9.47 Å². The summed E-state index contributed by atoms with van der Waals surface area (Å²) in [5.74, 6) is 1.56. The first kappa shape index (κ1) is 20.3. The number of ketones is 1. The molecule has 0 bridgehead atoms. The summed E-state index contributed by atoms with van der Waals surface area (Å²) in [7, 11) is 0. The molecule has 6 nitrogen and oxygen atoms in total. The fourth-order valence-corrected chi connectivity index (χ4v) is 4.25. The molecule has 5 rings (SSSR count). The molecule has 1 aliphatic heterocycles. The van der Waals surface area contributed by atoms with Crippen LogP contribution in [0.2, 0.25) is 0 Å². The number of carbonyl (C=O) groups is 1. The van der Waals surface area contributed by atoms with Crippen molar-refractivity contribution in [2.24, 2.45) is 0 Å². The van der Waals surface area contributed by atoms with Crippen molar-refractivity contribution in [3.63, 3.8) is 0 Å². The summed E-state index contributed by atoms with van der Waals surface area (Å²) in [6.45, 7) is 0.293. The molecule has 8 heteroatoms. The highest BCUT2D eigenvalue weighted by Gasteiger charge is 2.29. The number of nitrogens with zero attached hydrogens (tertiary/aromatic N) is 3. The lowest BCUT2D eigenvalue weighted by Crippen LogP contribution is -2.24. The van der Waals surface area contributed by atoms with Crippen LogP contribution in [0.3, 0.4) is 0 Å². The summed E-state index contributed by atoms with van der Waals surface area (Å²) in [6, 6.07) is 22.7. The maximum Gasteiger partial charge on any atom is 0.196 e. The average molecular weight is 447 g/mol. The third-order valence-corrected chi connectivity index (χ3v) is 5.90. The SMILES string of the molecule is O=C(CSc1nnc([C@@H]2COc3ccccc3O2)n1-c1ccccc1)c1ccc(F)cc1. The Morgan fingerprint density at radius 1 is 0.969 bits per heavy atom. The maximum absolute atomic E-state index is 13.2. The van der Waals surface area contributed by atoms with E-state index in [0.717, 1.165) is 5.69 Å². The van der Waals surface area contributed by atoms with E-state index in [1.54, 1.807) is 0 Å². The molecule has 4 aromatic rings. The number of thioether (sulfide) groups is 1. The molecular weight excluding hydrogens is 429 g/mol. The van der Waals surface area contributed by atoms with Gasteiger partial charge in [-0.05, 0) is 48.5 Å². The van der Waals surface area contributed by atoms with Crippen molar-refractivity contribution in [1.29, 1.82) is 0 Å². The Balaban J connectivity index is 1.43. The van der Waals surface area contributed by atoms with E-state index in [2.05, 4.69) is 10.2 Å². The second-order valence-electron chi connectivity index (χ2n) is 7.09. The van der Waals surface area contributed by atoms with Crippen LogP contribution in [0.4, 0.5) is 4.39 Å². The normalized spacial score (nSPS) is 14.8. The summed E-state index contributed by atoms with van der Waals surface area (Å²) in [5, 5.41) is 9.27. The van der Waals surface area contributed by atoms with Crippen molar-refractivity contribution in [3.8, 4) is 17.2 Å². The molecule has 2 heterocycles. The largest absolute Gasteiger partial charge is 0.485 e. The Hall–Kier alpha value is -3.65. The van der Waals surface area contributed by atoms with Crippen LogP contribution in [0.25, 0.3) is 5.69 Å². The second kappa shape index (κ2) is 8.84. The van der Waals surface area contributed by atoms with Crippen molar-refractivity contribution < 1.29 is 18.7 Å². The van der Waals surface area contributed by atoms with E-state index in [9.17, 15) is 9.18 Å². The summed E-state index contributed by atoms with van der Waals surface area (Å²) in [4.78, 5) is 12.6. The van der Waals surface area contributed by atoms with Gasteiger partial charge in [0.25, 0.3) is 0 Å². The number of para-hydroxylation sites is 3. The van der Waals surface area contributed by atoms with Crippen LogP contribution >= 0.6 is 11.8 Å². The zero-order valence-corrected chi connectivity index (χ0v) is 17.7. The zero-order chi connectivity index (χ0) is 21.9. The quantitative estimate of drug-likeness (QED) is 0.310. The van der Waals surface area contributed by atoms with Crippen LogP contribution in [0.15, 0.2) is 84.0 Å². The second-order valence-corrected chi connectivity index (χ2v) is 8.04. The Morgan fingerprint density at radius 2 is 1.69 bits per heavy atom. The molecule has 32 heavy (non-hydrogen) atoms. The Bertz CT molecular complexity index is 1250. The van der Waals surface area contributed by atoms with Gasteiger partial charge in [-0.25, -0.2) is 4.39 Å². The molecule has 0 aliphatic carbocycles. The van der Waals surface area contributed by atoms with E-state index in [1.165, 1.54) is 36.0 Å². The topological polar surface area (TPSA) is 66.2 Å². The number of Topliss-reactive ketones (excluding diaryl/α,β-unsaturated/α-hetero) is 1. The molecule has 1 atom stereocenters. The minimum Gasteiger partial charge on any atom is -0.485 e. The van der Waals surface area contributed by atoms with E-state index in [4.69, 9.17) is 9.47 Å². The van der Waals surface area contributed by atoms with Gasteiger partial charge >= 0.3 is 0 Å². The van der Waals surface area contributed by atoms with Gasteiger partial charge in [-0.1, -0.05) is 42.1 Å². The molecule has 0 N–H and O–H groups in total. The van der Waals surface area contributed by atoms with E-state index in [-0.39, 0.29) is 17.4 Å². The van der Waals surface area contributed by atoms with Gasteiger partial charge in [-0.3, -0.25) is 9.36 Å². The van der Waals surface area contributed by atoms with Crippen LogP contribution in [-0.2, 0) is 0 Å². The first-order valence-corrected chi connectivity index (χ1v) is 11.0. The summed E-state index contributed by atoms with van der Waals surface area (Å²) >= 11 is 1.27. The number of rotatable bonds is 6. The fourth-order valence-electron chi connectivity index (χ4n) is 3.40. The Labute approximate surface area is 188 Å². The summed E-state index contributed by atoms with van der Waals surface area (Å²) in [6.07, 6.45) is -0.459. The smallest absolute Gasteiger partial charge is 0.196 e. The van der Waals surface area contributed by atoms with Gasteiger partial charge in [0, 0.05) is 11.3 Å². The third-order valence-electron chi connectivity index (χ3n) is 4.97. The number of hydrogen-bond acceptors (Lipinski definition) is 6. The van der Waals surface area contributed by atoms with E-state index in [1.807, 2.05) is 59.2 Å².